The number of imidazole rings is 1. The largest absolute Gasteiger partial charge is 0.457 e. The number of hydrogen-bond acceptors (Lipinski definition) is 6. The fourth-order valence-corrected chi connectivity index (χ4v) is 3.40. The molecule has 1 atom stereocenters. The Morgan fingerprint density at radius 1 is 1.24 bits per heavy atom. The SMILES string of the molecule is CC1=C(C(=O)OCc2ccccc2)C(c2cccc([N+](=O)[O-])c2)n2ccnc2N1. The van der Waals surface area contributed by atoms with Gasteiger partial charge in [0.2, 0.25) is 5.95 Å². The lowest BCUT2D eigenvalue weighted by molar-refractivity contribution is -0.384. The molecule has 2 aromatic carbocycles. The lowest BCUT2D eigenvalue weighted by atomic mass is 9.95. The van der Waals surface area contributed by atoms with Gasteiger partial charge in [0.05, 0.1) is 16.5 Å². The zero-order valence-electron chi connectivity index (χ0n) is 15.6. The molecule has 29 heavy (non-hydrogen) atoms. The average Bonchev–Trinajstić information content (AvgIpc) is 3.19. The summed E-state index contributed by atoms with van der Waals surface area (Å²) in [6.07, 6.45) is 3.33. The van der Waals surface area contributed by atoms with E-state index >= 15 is 0 Å². The molecule has 8 nitrogen and oxygen atoms in total. The van der Waals surface area contributed by atoms with Crippen LogP contribution in [0.15, 0.2) is 78.3 Å². The summed E-state index contributed by atoms with van der Waals surface area (Å²) >= 11 is 0. The Bertz CT molecular complexity index is 1100. The Morgan fingerprint density at radius 2 is 2.03 bits per heavy atom. The van der Waals surface area contributed by atoms with Crippen LogP contribution in [0.1, 0.15) is 24.1 Å². The number of nitro groups is 1. The summed E-state index contributed by atoms with van der Waals surface area (Å²) in [4.78, 5) is 28.1. The molecule has 0 radical (unpaired) electrons. The van der Waals surface area contributed by atoms with Crippen LogP contribution < -0.4 is 5.32 Å². The molecule has 0 aliphatic carbocycles. The number of carbonyl (C=O) groups excluding carboxylic acids is 1. The predicted octanol–water partition coefficient (Wildman–Crippen LogP) is 3.82. The second-order valence-corrected chi connectivity index (χ2v) is 6.64. The van der Waals surface area contributed by atoms with Crippen LogP contribution >= 0.6 is 0 Å². The van der Waals surface area contributed by atoms with Gasteiger partial charge in [-0.3, -0.25) is 10.1 Å². The maximum atomic E-state index is 13.0. The van der Waals surface area contributed by atoms with Crippen molar-refractivity contribution < 1.29 is 14.5 Å². The van der Waals surface area contributed by atoms with Crippen molar-refractivity contribution in [2.24, 2.45) is 0 Å². The van der Waals surface area contributed by atoms with Gasteiger partial charge >= 0.3 is 5.97 Å². The molecule has 3 aromatic rings. The Kier molecular flexibility index (Phi) is 4.82. The number of carbonyl (C=O) groups is 1. The van der Waals surface area contributed by atoms with E-state index in [1.165, 1.54) is 12.1 Å². The Balaban J connectivity index is 1.71. The molecule has 0 saturated carbocycles. The summed E-state index contributed by atoms with van der Waals surface area (Å²) in [6, 6.07) is 15.1. The van der Waals surface area contributed by atoms with Gasteiger partial charge in [0, 0.05) is 30.2 Å². The third kappa shape index (κ3) is 3.60. The van der Waals surface area contributed by atoms with E-state index in [1.807, 2.05) is 30.3 Å². The molecule has 0 fully saturated rings. The van der Waals surface area contributed by atoms with Crippen molar-refractivity contribution in [2.75, 3.05) is 5.32 Å². The van der Waals surface area contributed by atoms with Gasteiger partial charge in [0.1, 0.15) is 6.61 Å². The van der Waals surface area contributed by atoms with E-state index in [2.05, 4.69) is 10.3 Å². The number of nitrogens with one attached hydrogen (secondary N) is 1. The molecule has 1 aromatic heterocycles. The number of nitro benzene ring substituents is 1. The van der Waals surface area contributed by atoms with Crippen LogP contribution in [0.5, 0.6) is 0 Å². The zero-order chi connectivity index (χ0) is 20.4. The van der Waals surface area contributed by atoms with E-state index < -0.39 is 16.9 Å². The summed E-state index contributed by atoms with van der Waals surface area (Å²) in [6.45, 7) is 1.90. The maximum Gasteiger partial charge on any atom is 0.338 e. The first kappa shape index (κ1) is 18.4. The number of aromatic nitrogens is 2. The first-order valence-corrected chi connectivity index (χ1v) is 9.00. The Morgan fingerprint density at radius 3 is 2.79 bits per heavy atom. The van der Waals surface area contributed by atoms with Gasteiger partial charge in [0.15, 0.2) is 0 Å². The minimum absolute atomic E-state index is 0.0441. The van der Waals surface area contributed by atoms with Crippen molar-refractivity contribution in [3.8, 4) is 0 Å². The van der Waals surface area contributed by atoms with Crippen molar-refractivity contribution in [1.82, 2.24) is 9.55 Å². The number of rotatable bonds is 5. The van der Waals surface area contributed by atoms with Crippen LogP contribution in [-0.4, -0.2) is 20.4 Å². The molecule has 2 heterocycles. The molecule has 0 bridgehead atoms. The molecular formula is C21H18N4O4. The first-order valence-electron chi connectivity index (χ1n) is 9.00. The smallest absolute Gasteiger partial charge is 0.338 e. The quantitative estimate of drug-likeness (QED) is 0.404. The second-order valence-electron chi connectivity index (χ2n) is 6.64. The molecule has 4 rings (SSSR count). The molecule has 1 aliphatic rings. The maximum absolute atomic E-state index is 13.0. The number of anilines is 1. The van der Waals surface area contributed by atoms with Gasteiger partial charge in [-0.1, -0.05) is 42.5 Å². The van der Waals surface area contributed by atoms with Crippen molar-refractivity contribution in [3.63, 3.8) is 0 Å². The summed E-state index contributed by atoms with van der Waals surface area (Å²) in [5, 5.41) is 14.3. The van der Waals surface area contributed by atoms with Crippen molar-refractivity contribution >= 4 is 17.6 Å². The number of nitrogens with zero attached hydrogens (tertiary/aromatic N) is 3. The highest BCUT2D eigenvalue weighted by atomic mass is 16.6. The molecule has 0 saturated heterocycles. The summed E-state index contributed by atoms with van der Waals surface area (Å²) < 4.78 is 7.32. The highest BCUT2D eigenvalue weighted by Gasteiger charge is 2.33. The van der Waals surface area contributed by atoms with Gasteiger partial charge in [-0.2, -0.15) is 0 Å². The molecule has 1 N–H and O–H groups in total. The molecule has 0 amide bonds. The van der Waals surface area contributed by atoms with E-state index in [-0.39, 0.29) is 12.3 Å². The highest BCUT2D eigenvalue weighted by molar-refractivity contribution is 5.92. The minimum atomic E-state index is -0.586. The van der Waals surface area contributed by atoms with Gasteiger partial charge in [-0.25, -0.2) is 9.78 Å². The van der Waals surface area contributed by atoms with Crippen LogP contribution in [0.25, 0.3) is 0 Å². The lowest BCUT2D eigenvalue weighted by Crippen LogP contribution is -2.28. The van der Waals surface area contributed by atoms with Gasteiger partial charge < -0.3 is 14.6 Å². The van der Waals surface area contributed by atoms with Crippen LogP contribution in [-0.2, 0) is 16.1 Å². The van der Waals surface area contributed by atoms with Crippen LogP contribution in [0.4, 0.5) is 11.6 Å². The average molecular weight is 390 g/mol. The monoisotopic (exact) mass is 390 g/mol. The van der Waals surface area contributed by atoms with Crippen LogP contribution in [0, 0.1) is 10.1 Å². The van der Waals surface area contributed by atoms with Crippen molar-refractivity contribution in [1.29, 1.82) is 0 Å². The van der Waals surface area contributed by atoms with Crippen molar-refractivity contribution in [3.05, 3.63) is 99.5 Å². The predicted molar refractivity (Wildman–Crippen MR) is 106 cm³/mol. The summed E-state index contributed by atoms with van der Waals surface area (Å²) in [5.74, 6) is 0.0633. The number of fused-ring (bicyclic) bond motifs is 1. The molecule has 1 unspecified atom stereocenters. The molecule has 0 spiro atoms. The van der Waals surface area contributed by atoms with Crippen LogP contribution in [0.2, 0.25) is 0 Å². The van der Waals surface area contributed by atoms with E-state index in [4.69, 9.17) is 4.74 Å². The molecule has 8 heteroatoms. The second kappa shape index (κ2) is 7.59. The van der Waals surface area contributed by atoms with Crippen LogP contribution in [0.3, 0.4) is 0 Å². The standard InChI is InChI=1S/C21H18N4O4/c1-14-18(20(26)29-13-15-6-3-2-4-7-15)19(24-11-10-22-21(24)23-14)16-8-5-9-17(12-16)25(27)28/h2-12,19H,13H2,1H3,(H,22,23). The fourth-order valence-electron chi connectivity index (χ4n) is 3.40. The zero-order valence-corrected chi connectivity index (χ0v) is 15.6. The normalized spacial score (nSPS) is 15.4. The number of benzene rings is 2. The summed E-state index contributed by atoms with van der Waals surface area (Å²) in [5.41, 5.74) is 2.41. The van der Waals surface area contributed by atoms with Gasteiger partial charge in [-0.15, -0.1) is 0 Å². The third-order valence-electron chi connectivity index (χ3n) is 4.75. The Labute approximate surface area is 166 Å². The fraction of sp³-hybridized carbons (Fsp3) is 0.143. The molecule has 1 aliphatic heterocycles. The van der Waals surface area contributed by atoms with Gasteiger partial charge in [0.25, 0.3) is 5.69 Å². The lowest BCUT2D eigenvalue weighted by Gasteiger charge is -2.29. The van der Waals surface area contributed by atoms with Gasteiger partial charge in [-0.05, 0) is 18.1 Å². The Hall–Kier alpha value is -3.94. The highest BCUT2D eigenvalue weighted by Crippen LogP contribution is 2.37. The third-order valence-corrected chi connectivity index (χ3v) is 4.75. The first-order chi connectivity index (χ1) is 14.0. The van der Waals surface area contributed by atoms with E-state index in [0.29, 0.717) is 22.8 Å². The molecular weight excluding hydrogens is 372 g/mol. The minimum Gasteiger partial charge on any atom is -0.457 e. The number of ether oxygens (including phenoxy) is 1. The van der Waals surface area contributed by atoms with E-state index in [1.54, 1.807) is 36.0 Å². The summed E-state index contributed by atoms with van der Waals surface area (Å²) in [7, 11) is 0. The molecule has 146 valence electrons. The van der Waals surface area contributed by atoms with E-state index in [0.717, 1.165) is 5.56 Å². The number of hydrogen-bond donors (Lipinski definition) is 1. The number of non-ortho nitro benzene ring substituents is 1. The topological polar surface area (TPSA) is 99.3 Å². The number of esters is 1. The van der Waals surface area contributed by atoms with E-state index in [9.17, 15) is 14.9 Å². The van der Waals surface area contributed by atoms with Crippen molar-refractivity contribution in [2.45, 2.75) is 19.6 Å². The number of allylic oxidation sites excluding steroid dienone is 1.